The Hall–Kier alpha value is -1.51. The summed E-state index contributed by atoms with van der Waals surface area (Å²) in [5, 5.41) is 3.34. The van der Waals surface area contributed by atoms with Crippen molar-refractivity contribution in [2.24, 2.45) is 0 Å². The standard InChI is InChI=1S/C13H18N2O/c1-5-9-7-6-8-10-11(9)14-13(2,3)12(16)15(10)4/h6-8,14H,5H2,1-4H3. The maximum atomic E-state index is 12.1. The normalized spacial score (nSPS) is 18.0. The zero-order valence-corrected chi connectivity index (χ0v) is 10.3. The van der Waals surface area contributed by atoms with Crippen LogP contribution in [-0.4, -0.2) is 18.5 Å². The summed E-state index contributed by atoms with van der Waals surface area (Å²) >= 11 is 0. The summed E-state index contributed by atoms with van der Waals surface area (Å²) < 4.78 is 0. The first-order valence-electron chi connectivity index (χ1n) is 5.65. The number of hydrogen-bond donors (Lipinski definition) is 1. The van der Waals surface area contributed by atoms with E-state index in [0.717, 1.165) is 17.8 Å². The molecule has 16 heavy (non-hydrogen) atoms. The molecule has 0 aliphatic carbocycles. The second-order valence-corrected chi connectivity index (χ2v) is 4.78. The molecule has 0 atom stereocenters. The molecule has 86 valence electrons. The lowest BCUT2D eigenvalue weighted by atomic mass is 9.96. The molecule has 0 bridgehead atoms. The van der Waals surface area contributed by atoms with Gasteiger partial charge < -0.3 is 10.2 Å². The first-order chi connectivity index (χ1) is 7.47. The van der Waals surface area contributed by atoms with Gasteiger partial charge in [0.05, 0.1) is 11.4 Å². The van der Waals surface area contributed by atoms with Gasteiger partial charge in [-0.2, -0.15) is 0 Å². The van der Waals surface area contributed by atoms with Crippen LogP contribution in [0.15, 0.2) is 18.2 Å². The highest BCUT2D eigenvalue weighted by Crippen LogP contribution is 2.36. The first kappa shape index (κ1) is 11.0. The van der Waals surface area contributed by atoms with Crippen LogP contribution in [-0.2, 0) is 11.2 Å². The number of carbonyl (C=O) groups is 1. The quantitative estimate of drug-likeness (QED) is 0.785. The number of amides is 1. The number of nitrogens with one attached hydrogen (secondary N) is 1. The van der Waals surface area contributed by atoms with Crippen LogP contribution in [0.2, 0.25) is 0 Å². The van der Waals surface area contributed by atoms with E-state index in [-0.39, 0.29) is 5.91 Å². The number of fused-ring (bicyclic) bond motifs is 1. The van der Waals surface area contributed by atoms with Gasteiger partial charge in [-0.05, 0) is 31.9 Å². The molecule has 0 unspecified atom stereocenters. The average molecular weight is 218 g/mol. The van der Waals surface area contributed by atoms with Gasteiger partial charge in [-0.15, -0.1) is 0 Å². The van der Waals surface area contributed by atoms with Crippen molar-refractivity contribution in [1.82, 2.24) is 0 Å². The van der Waals surface area contributed by atoms with Crippen molar-refractivity contribution in [3.8, 4) is 0 Å². The Bertz CT molecular complexity index is 438. The van der Waals surface area contributed by atoms with Crippen molar-refractivity contribution in [3.05, 3.63) is 23.8 Å². The Kier molecular flexibility index (Phi) is 2.41. The van der Waals surface area contributed by atoms with Gasteiger partial charge in [0.1, 0.15) is 5.54 Å². The predicted molar refractivity (Wildman–Crippen MR) is 66.9 cm³/mol. The number of para-hydroxylation sites is 1. The molecule has 2 rings (SSSR count). The van der Waals surface area contributed by atoms with Crippen LogP contribution >= 0.6 is 0 Å². The van der Waals surface area contributed by atoms with E-state index in [0.29, 0.717) is 0 Å². The lowest BCUT2D eigenvalue weighted by Gasteiger charge is -2.39. The second-order valence-electron chi connectivity index (χ2n) is 4.78. The Morgan fingerprint density at radius 1 is 1.38 bits per heavy atom. The highest BCUT2D eigenvalue weighted by molar-refractivity contribution is 6.07. The topological polar surface area (TPSA) is 32.3 Å². The number of aryl methyl sites for hydroxylation is 1. The molecule has 0 fully saturated rings. The average Bonchev–Trinajstić information content (AvgIpc) is 2.25. The zero-order chi connectivity index (χ0) is 11.9. The molecule has 1 N–H and O–H groups in total. The largest absolute Gasteiger partial charge is 0.370 e. The van der Waals surface area contributed by atoms with E-state index in [2.05, 4.69) is 18.3 Å². The van der Waals surface area contributed by atoms with Crippen molar-refractivity contribution < 1.29 is 4.79 Å². The third-order valence-electron chi connectivity index (χ3n) is 3.15. The Balaban J connectivity index is 2.59. The summed E-state index contributed by atoms with van der Waals surface area (Å²) in [5.41, 5.74) is 2.80. The molecule has 1 aliphatic heterocycles. The van der Waals surface area contributed by atoms with Gasteiger partial charge in [0.2, 0.25) is 0 Å². The number of anilines is 2. The van der Waals surface area contributed by atoms with Gasteiger partial charge in [0, 0.05) is 7.05 Å². The molecule has 3 nitrogen and oxygen atoms in total. The van der Waals surface area contributed by atoms with E-state index in [1.54, 1.807) is 4.90 Å². The van der Waals surface area contributed by atoms with Crippen LogP contribution in [0.3, 0.4) is 0 Å². The van der Waals surface area contributed by atoms with Crippen LogP contribution < -0.4 is 10.2 Å². The van der Waals surface area contributed by atoms with Crippen molar-refractivity contribution in [2.75, 3.05) is 17.3 Å². The second kappa shape index (κ2) is 3.51. The molecule has 0 saturated heterocycles. The maximum absolute atomic E-state index is 12.1. The molecule has 0 spiro atoms. The summed E-state index contributed by atoms with van der Waals surface area (Å²) in [6.45, 7) is 5.96. The third-order valence-corrected chi connectivity index (χ3v) is 3.15. The fraction of sp³-hybridized carbons (Fsp3) is 0.462. The summed E-state index contributed by atoms with van der Waals surface area (Å²) in [4.78, 5) is 13.8. The Morgan fingerprint density at radius 2 is 2.06 bits per heavy atom. The van der Waals surface area contributed by atoms with Gasteiger partial charge in [-0.25, -0.2) is 0 Å². The molecule has 1 aromatic rings. The Labute approximate surface area is 96.5 Å². The minimum atomic E-state index is -0.521. The molecule has 0 radical (unpaired) electrons. The minimum absolute atomic E-state index is 0.105. The number of nitrogens with zero attached hydrogens (tertiary/aromatic N) is 1. The zero-order valence-electron chi connectivity index (χ0n) is 10.3. The monoisotopic (exact) mass is 218 g/mol. The number of likely N-dealkylation sites (N-methyl/N-ethyl adjacent to an activating group) is 1. The van der Waals surface area contributed by atoms with Crippen LogP contribution in [0, 0.1) is 0 Å². The van der Waals surface area contributed by atoms with E-state index < -0.39 is 5.54 Å². The van der Waals surface area contributed by atoms with Crippen LogP contribution in [0.4, 0.5) is 11.4 Å². The number of rotatable bonds is 1. The fourth-order valence-corrected chi connectivity index (χ4v) is 2.20. The number of carbonyl (C=O) groups excluding carboxylic acids is 1. The highest BCUT2D eigenvalue weighted by Gasteiger charge is 2.37. The molecule has 3 heteroatoms. The minimum Gasteiger partial charge on any atom is -0.370 e. The van der Waals surface area contributed by atoms with Gasteiger partial charge >= 0.3 is 0 Å². The smallest absolute Gasteiger partial charge is 0.251 e. The molecule has 1 amide bonds. The summed E-state index contributed by atoms with van der Waals surface area (Å²) in [7, 11) is 1.84. The maximum Gasteiger partial charge on any atom is 0.251 e. The molecule has 1 aromatic carbocycles. The van der Waals surface area contributed by atoms with Gasteiger partial charge in [0.25, 0.3) is 5.91 Å². The van der Waals surface area contributed by atoms with E-state index >= 15 is 0 Å². The molecule has 0 saturated carbocycles. The van der Waals surface area contributed by atoms with Gasteiger partial charge in [-0.1, -0.05) is 19.1 Å². The van der Waals surface area contributed by atoms with Crippen molar-refractivity contribution in [3.63, 3.8) is 0 Å². The summed E-state index contributed by atoms with van der Waals surface area (Å²) in [5.74, 6) is 0.105. The van der Waals surface area contributed by atoms with Crippen molar-refractivity contribution in [2.45, 2.75) is 32.7 Å². The van der Waals surface area contributed by atoms with Crippen molar-refractivity contribution >= 4 is 17.3 Å². The van der Waals surface area contributed by atoms with E-state index in [1.165, 1.54) is 5.56 Å². The molecular formula is C13H18N2O. The Morgan fingerprint density at radius 3 is 2.69 bits per heavy atom. The number of benzene rings is 1. The van der Waals surface area contributed by atoms with Gasteiger partial charge in [0.15, 0.2) is 0 Å². The molecular weight excluding hydrogens is 200 g/mol. The van der Waals surface area contributed by atoms with Crippen LogP contribution in [0.1, 0.15) is 26.3 Å². The summed E-state index contributed by atoms with van der Waals surface area (Å²) in [6.07, 6.45) is 0.967. The van der Waals surface area contributed by atoms with E-state index in [1.807, 2.05) is 33.0 Å². The summed E-state index contributed by atoms with van der Waals surface area (Å²) in [6, 6.07) is 6.08. The van der Waals surface area contributed by atoms with E-state index in [4.69, 9.17) is 0 Å². The van der Waals surface area contributed by atoms with Crippen LogP contribution in [0.5, 0.6) is 0 Å². The number of hydrogen-bond acceptors (Lipinski definition) is 2. The lowest BCUT2D eigenvalue weighted by Crippen LogP contribution is -2.52. The molecule has 1 aliphatic rings. The highest BCUT2D eigenvalue weighted by atomic mass is 16.2. The first-order valence-corrected chi connectivity index (χ1v) is 5.65. The predicted octanol–water partition coefficient (Wildman–Crippen LogP) is 2.42. The van der Waals surface area contributed by atoms with E-state index in [9.17, 15) is 4.79 Å². The lowest BCUT2D eigenvalue weighted by molar-refractivity contribution is -0.121. The fourth-order valence-electron chi connectivity index (χ4n) is 2.20. The van der Waals surface area contributed by atoms with Crippen LogP contribution in [0.25, 0.3) is 0 Å². The van der Waals surface area contributed by atoms with Gasteiger partial charge in [-0.3, -0.25) is 4.79 Å². The van der Waals surface area contributed by atoms with Crippen molar-refractivity contribution in [1.29, 1.82) is 0 Å². The SMILES string of the molecule is CCc1cccc2c1NC(C)(C)C(=O)N2C. The molecule has 1 heterocycles. The molecule has 0 aromatic heterocycles. The third kappa shape index (κ3) is 1.47.